The number of hydrogen-bond acceptors (Lipinski definition) is 5. The Bertz CT molecular complexity index is 1100. The molecule has 1 aromatic heterocycles. The summed E-state index contributed by atoms with van der Waals surface area (Å²) in [5.41, 5.74) is 1.79. The van der Waals surface area contributed by atoms with Crippen LogP contribution in [0.5, 0.6) is 5.75 Å². The third kappa shape index (κ3) is 5.36. The number of sulfonamides is 1. The molecule has 0 radical (unpaired) electrons. The average molecular weight is 426 g/mol. The highest BCUT2D eigenvalue weighted by Crippen LogP contribution is 2.21. The Labute approximate surface area is 176 Å². The molecule has 0 fully saturated rings. The van der Waals surface area contributed by atoms with Crippen molar-refractivity contribution in [2.45, 2.75) is 31.3 Å². The number of benzene rings is 2. The second kappa shape index (κ2) is 9.41. The molecule has 0 saturated heterocycles. The number of nitrogens with one attached hydrogen (secondary N) is 2. The summed E-state index contributed by atoms with van der Waals surface area (Å²) >= 11 is 0. The number of pyridine rings is 1. The van der Waals surface area contributed by atoms with Crippen molar-refractivity contribution in [2.75, 3.05) is 10.0 Å². The van der Waals surface area contributed by atoms with E-state index in [1.54, 1.807) is 18.3 Å². The largest absolute Gasteiger partial charge is 0.480 e. The second-order valence-corrected chi connectivity index (χ2v) is 8.32. The normalized spacial score (nSPS) is 12.1. The maximum atomic E-state index is 12.6. The topological polar surface area (TPSA) is 97.4 Å². The first kappa shape index (κ1) is 21.3. The number of carbonyl (C=O) groups excluding carboxylic acids is 1. The fourth-order valence-electron chi connectivity index (χ4n) is 2.74. The first-order valence-corrected chi connectivity index (χ1v) is 10.9. The summed E-state index contributed by atoms with van der Waals surface area (Å²) in [6.45, 7) is 3.78. The summed E-state index contributed by atoms with van der Waals surface area (Å²) in [7, 11) is -3.75. The monoisotopic (exact) mass is 425 g/mol. The van der Waals surface area contributed by atoms with Crippen molar-refractivity contribution in [3.8, 4) is 5.75 Å². The van der Waals surface area contributed by atoms with Crippen LogP contribution in [0.2, 0.25) is 0 Å². The molecule has 3 rings (SSSR count). The van der Waals surface area contributed by atoms with E-state index in [9.17, 15) is 13.2 Å². The predicted octanol–water partition coefficient (Wildman–Crippen LogP) is 3.99. The molecule has 30 heavy (non-hydrogen) atoms. The molecule has 2 aromatic carbocycles. The van der Waals surface area contributed by atoms with Gasteiger partial charge in [0, 0.05) is 11.9 Å². The van der Waals surface area contributed by atoms with E-state index in [2.05, 4.69) is 15.0 Å². The van der Waals surface area contributed by atoms with E-state index in [-0.39, 0.29) is 10.8 Å². The lowest BCUT2D eigenvalue weighted by Crippen LogP contribution is -2.32. The number of aromatic nitrogens is 1. The van der Waals surface area contributed by atoms with E-state index in [4.69, 9.17) is 4.74 Å². The molecule has 1 atom stereocenters. The summed E-state index contributed by atoms with van der Waals surface area (Å²) in [4.78, 5) is 16.6. The molecule has 0 saturated carbocycles. The van der Waals surface area contributed by atoms with Crippen molar-refractivity contribution in [3.63, 3.8) is 0 Å². The van der Waals surface area contributed by atoms with E-state index >= 15 is 0 Å². The van der Waals surface area contributed by atoms with Gasteiger partial charge in [-0.15, -0.1) is 0 Å². The highest BCUT2D eigenvalue weighted by Gasteiger charge is 2.20. The lowest BCUT2D eigenvalue weighted by atomic mass is 10.2. The van der Waals surface area contributed by atoms with Gasteiger partial charge in [-0.2, -0.15) is 0 Å². The molecular formula is C22H23N3O4S. The fraction of sp³-hybridized carbons (Fsp3) is 0.182. The van der Waals surface area contributed by atoms with Gasteiger partial charge in [-0.25, -0.2) is 8.42 Å². The Morgan fingerprint density at radius 3 is 2.40 bits per heavy atom. The van der Waals surface area contributed by atoms with Crippen molar-refractivity contribution in [1.82, 2.24) is 4.98 Å². The smallest absolute Gasteiger partial charge is 0.265 e. The molecule has 0 spiro atoms. The van der Waals surface area contributed by atoms with Gasteiger partial charge in [0.25, 0.3) is 15.9 Å². The number of hydrogen-bond donors (Lipinski definition) is 2. The van der Waals surface area contributed by atoms with Gasteiger partial charge in [-0.3, -0.25) is 14.5 Å². The number of anilines is 2. The van der Waals surface area contributed by atoms with Crippen LogP contribution in [0.4, 0.5) is 11.4 Å². The molecule has 2 N–H and O–H groups in total. The van der Waals surface area contributed by atoms with Crippen LogP contribution < -0.4 is 14.8 Å². The lowest BCUT2D eigenvalue weighted by molar-refractivity contribution is -0.122. The van der Waals surface area contributed by atoms with Crippen LogP contribution in [0.1, 0.15) is 18.9 Å². The van der Waals surface area contributed by atoms with Gasteiger partial charge >= 0.3 is 0 Å². The van der Waals surface area contributed by atoms with E-state index in [1.165, 1.54) is 30.5 Å². The van der Waals surface area contributed by atoms with Gasteiger partial charge in [0.05, 0.1) is 16.8 Å². The van der Waals surface area contributed by atoms with Crippen LogP contribution in [0.3, 0.4) is 0 Å². The predicted molar refractivity (Wildman–Crippen MR) is 116 cm³/mol. The molecule has 0 aliphatic heterocycles. The molecule has 1 heterocycles. The Hall–Kier alpha value is -3.39. The summed E-state index contributed by atoms with van der Waals surface area (Å²) in [6.07, 6.45) is 2.80. The average Bonchev–Trinajstić information content (AvgIpc) is 2.74. The molecule has 3 aromatic rings. The van der Waals surface area contributed by atoms with Gasteiger partial charge in [-0.05, 0) is 61.4 Å². The number of rotatable bonds is 8. The molecule has 1 amide bonds. The summed E-state index contributed by atoms with van der Waals surface area (Å²) < 4.78 is 33.3. The summed E-state index contributed by atoms with van der Waals surface area (Å²) in [5.74, 6) is 0.354. The van der Waals surface area contributed by atoms with Crippen LogP contribution >= 0.6 is 0 Å². The Morgan fingerprint density at radius 2 is 1.77 bits per heavy atom. The maximum absolute atomic E-state index is 12.6. The zero-order valence-electron chi connectivity index (χ0n) is 16.7. The number of amides is 1. The molecular weight excluding hydrogens is 402 g/mol. The Balaban J connectivity index is 1.67. The number of para-hydroxylation sites is 1. The van der Waals surface area contributed by atoms with E-state index < -0.39 is 16.1 Å². The third-order valence-electron chi connectivity index (χ3n) is 4.37. The molecule has 0 bridgehead atoms. The minimum absolute atomic E-state index is 0.0764. The molecule has 0 aliphatic rings. The molecule has 8 heteroatoms. The molecule has 0 aliphatic carbocycles. The first-order valence-electron chi connectivity index (χ1n) is 9.45. The van der Waals surface area contributed by atoms with Crippen LogP contribution in [-0.2, 0) is 14.8 Å². The Kier molecular flexibility index (Phi) is 6.68. The number of aryl methyl sites for hydroxylation is 1. The summed E-state index contributed by atoms with van der Waals surface area (Å²) in [6, 6.07) is 16.7. The van der Waals surface area contributed by atoms with Crippen molar-refractivity contribution >= 4 is 27.3 Å². The number of ether oxygens (including phenoxy) is 1. The van der Waals surface area contributed by atoms with Gasteiger partial charge < -0.3 is 10.1 Å². The van der Waals surface area contributed by atoms with Crippen molar-refractivity contribution in [1.29, 1.82) is 0 Å². The van der Waals surface area contributed by atoms with E-state index in [0.29, 0.717) is 23.5 Å². The standard InChI is InChI=1S/C22H23N3O4S/c1-3-20(29-21-9-5-4-7-16(21)2)22(26)24-17-10-12-19(13-11-17)30(27,28)25-18-8-6-14-23-15-18/h4-15,20,25H,3H2,1-2H3,(H,24,26). The maximum Gasteiger partial charge on any atom is 0.265 e. The van der Waals surface area contributed by atoms with Crippen LogP contribution in [0, 0.1) is 6.92 Å². The van der Waals surface area contributed by atoms with Crippen LogP contribution in [-0.4, -0.2) is 25.4 Å². The van der Waals surface area contributed by atoms with Gasteiger partial charge in [0.1, 0.15) is 5.75 Å². The zero-order chi connectivity index (χ0) is 21.6. The summed E-state index contributed by atoms with van der Waals surface area (Å²) in [5, 5.41) is 2.77. The van der Waals surface area contributed by atoms with Gasteiger partial charge in [0.2, 0.25) is 0 Å². The lowest BCUT2D eigenvalue weighted by Gasteiger charge is -2.18. The van der Waals surface area contributed by atoms with Crippen LogP contribution in [0.25, 0.3) is 0 Å². The van der Waals surface area contributed by atoms with E-state index in [0.717, 1.165) is 5.56 Å². The molecule has 7 nitrogen and oxygen atoms in total. The zero-order valence-corrected chi connectivity index (χ0v) is 17.5. The second-order valence-electron chi connectivity index (χ2n) is 6.64. The van der Waals surface area contributed by atoms with E-state index in [1.807, 2.05) is 38.1 Å². The highest BCUT2D eigenvalue weighted by atomic mass is 32.2. The minimum atomic E-state index is -3.75. The highest BCUT2D eigenvalue weighted by molar-refractivity contribution is 7.92. The number of nitrogens with zero attached hydrogens (tertiary/aromatic N) is 1. The van der Waals surface area contributed by atoms with Crippen molar-refractivity contribution in [2.24, 2.45) is 0 Å². The fourth-order valence-corrected chi connectivity index (χ4v) is 3.78. The van der Waals surface area contributed by atoms with Gasteiger partial charge in [-0.1, -0.05) is 25.1 Å². The molecule has 156 valence electrons. The first-order chi connectivity index (χ1) is 14.4. The van der Waals surface area contributed by atoms with Crippen molar-refractivity contribution in [3.05, 3.63) is 78.6 Å². The van der Waals surface area contributed by atoms with Gasteiger partial charge in [0.15, 0.2) is 6.10 Å². The Morgan fingerprint density at radius 1 is 1.03 bits per heavy atom. The minimum Gasteiger partial charge on any atom is -0.480 e. The molecule has 1 unspecified atom stereocenters. The SMILES string of the molecule is CCC(Oc1ccccc1C)C(=O)Nc1ccc(S(=O)(=O)Nc2cccnc2)cc1. The number of carbonyl (C=O) groups is 1. The van der Waals surface area contributed by atoms with Crippen LogP contribution in [0.15, 0.2) is 78.0 Å². The van der Waals surface area contributed by atoms with Crippen molar-refractivity contribution < 1.29 is 17.9 Å². The quantitative estimate of drug-likeness (QED) is 0.569. The third-order valence-corrected chi connectivity index (χ3v) is 5.77.